The van der Waals surface area contributed by atoms with E-state index < -0.39 is 42.2 Å². The molecule has 13 heteroatoms. The molecule has 1 aromatic heterocycles. The first-order valence-corrected chi connectivity index (χ1v) is 15.5. The third-order valence-corrected chi connectivity index (χ3v) is 9.36. The van der Waals surface area contributed by atoms with Crippen LogP contribution in [0.1, 0.15) is 39.5 Å². The number of nitrogens with one attached hydrogen (secondary N) is 1. The Labute approximate surface area is 237 Å². The number of thioether (sulfide) groups is 1. The molecule has 4 rings (SSSR count). The van der Waals surface area contributed by atoms with Gasteiger partial charge >= 0.3 is 19.4 Å². The number of ether oxygens (including phenoxy) is 1. The van der Waals surface area contributed by atoms with E-state index in [0.29, 0.717) is 0 Å². The number of nitrogens with two attached hydrogens (primary N) is 1. The van der Waals surface area contributed by atoms with Gasteiger partial charge in [0.15, 0.2) is 0 Å². The second-order valence-corrected chi connectivity index (χ2v) is 13.3. The van der Waals surface area contributed by atoms with Crippen LogP contribution in [-0.2, 0) is 18.6 Å². The standard InChI is InChI=1S/C27H35N4O7PS/c1-16(2)25(26(33)37-17(3)4)30-39(35,38-20-10-9-18-7-5-6-8-19(18)13-20)36-15-22-21(32)14-24(40-22)31-12-11-23(28)29-27(31)34/h5-13,16-17,21-22,24-25,32H,14-15H2,1-4H3,(H,30,35)(H2,28,29,34)/t21-,22-,24-,25+,39?/m1/s1. The van der Waals surface area contributed by atoms with Crippen molar-refractivity contribution in [1.29, 1.82) is 0 Å². The van der Waals surface area contributed by atoms with Crippen molar-refractivity contribution in [3.8, 4) is 5.75 Å². The lowest BCUT2D eigenvalue weighted by atomic mass is 10.1. The smallest absolute Gasteiger partial charge is 0.459 e. The maximum atomic E-state index is 14.2. The molecule has 1 fully saturated rings. The highest BCUT2D eigenvalue weighted by Gasteiger charge is 2.40. The average molecular weight is 591 g/mol. The Morgan fingerprint density at radius 2 is 1.93 bits per heavy atom. The summed E-state index contributed by atoms with van der Waals surface area (Å²) in [6.07, 6.45) is 0.551. The zero-order chi connectivity index (χ0) is 29.0. The molecule has 1 aliphatic heterocycles. The van der Waals surface area contributed by atoms with Gasteiger partial charge in [-0.1, -0.05) is 44.2 Å². The molecule has 11 nitrogen and oxygen atoms in total. The lowest BCUT2D eigenvalue weighted by molar-refractivity contribution is -0.150. The van der Waals surface area contributed by atoms with E-state index in [0.717, 1.165) is 10.8 Å². The average Bonchev–Trinajstić information content (AvgIpc) is 3.25. The maximum absolute atomic E-state index is 14.2. The summed E-state index contributed by atoms with van der Waals surface area (Å²) in [6, 6.07) is 13.4. The summed E-state index contributed by atoms with van der Waals surface area (Å²) >= 11 is 1.29. The Hall–Kier alpha value is -2.89. The third-order valence-electron chi connectivity index (χ3n) is 6.29. The second-order valence-electron chi connectivity index (χ2n) is 10.2. The molecule has 0 aliphatic carbocycles. The monoisotopic (exact) mass is 590 g/mol. The third kappa shape index (κ3) is 7.44. The number of hydrogen-bond acceptors (Lipinski definition) is 10. The van der Waals surface area contributed by atoms with Crippen molar-refractivity contribution in [3.63, 3.8) is 0 Å². The Morgan fingerprint density at radius 3 is 2.60 bits per heavy atom. The zero-order valence-corrected chi connectivity index (χ0v) is 24.5. The van der Waals surface area contributed by atoms with E-state index in [4.69, 9.17) is 19.5 Å². The molecule has 0 spiro atoms. The van der Waals surface area contributed by atoms with Crippen molar-refractivity contribution in [2.75, 3.05) is 12.3 Å². The number of carbonyl (C=O) groups excluding carboxylic acids is 1. The van der Waals surface area contributed by atoms with Crippen LogP contribution < -0.4 is 21.0 Å². The number of nitrogens with zero attached hydrogens (tertiary/aromatic N) is 2. The highest BCUT2D eigenvalue weighted by molar-refractivity contribution is 8.00. The van der Waals surface area contributed by atoms with Gasteiger partial charge in [0.25, 0.3) is 0 Å². The van der Waals surface area contributed by atoms with Crippen LogP contribution in [0.25, 0.3) is 10.8 Å². The van der Waals surface area contributed by atoms with Crippen LogP contribution in [-0.4, -0.2) is 50.7 Å². The number of aliphatic hydroxyl groups excluding tert-OH is 1. The lowest BCUT2D eigenvalue weighted by Gasteiger charge is -2.28. The summed E-state index contributed by atoms with van der Waals surface area (Å²) in [4.78, 5) is 28.9. The molecule has 1 unspecified atom stereocenters. The van der Waals surface area contributed by atoms with Crippen molar-refractivity contribution in [2.45, 2.75) is 63.0 Å². The SMILES string of the molecule is CC(C)OC(=O)[C@@H](NP(=O)(OC[C@H]1S[C@@H](n2ccc(N)nc2=O)C[C@H]1O)Oc1ccc2ccccc2c1)C(C)C. The largest absolute Gasteiger partial charge is 0.462 e. The topological polar surface area (TPSA) is 155 Å². The van der Waals surface area contributed by atoms with Gasteiger partial charge < -0.3 is 20.1 Å². The van der Waals surface area contributed by atoms with Gasteiger partial charge in [-0.05, 0) is 48.7 Å². The second kappa shape index (κ2) is 12.7. The summed E-state index contributed by atoms with van der Waals surface area (Å²) < 4.78 is 32.8. The molecule has 4 N–H and O–H groups in total. The number of aliphatic hydroxyl groups is 1. The fraction of sp³-hybridized carbons (Fsp3) is 0.444. The molecule has 2 aromatic carbocycles. The number of aromatic nitrogens is 2. The predicted octanol–water partition coefficient (Wildman–Crippen LogP) is 4.11. The van der Waals surface area contributed by atoms with Crippen molar-refractivity contribution in [1.82, 2.24) is 14.6 Å². The number of anilines is 1. The van der Waals surface area contributed by atoms with Gasteiger partial charge in [-0.2, -0.15) is 10.1 Å². The van der Waals surface area contributed by atoms with Gasteiger partial charge in [-0.25, -0.2) is 9.36 Å². The fourth-order valence-corrected chi connectivity index (χ4v) is 7.47. The molecular weight excluding hydrogens is 555 g/mol. The first kappa shape index (κ1) is 30.1. The first-order valence-electron chi connectivity index (χ1n) is 13.0. The van der Waals surface area contributed by atoms with Crippen molar-refractivity contribution in [3.05, 3.63) is 65.2 Å². The number of benzene rings is 2. The minimum Gasteiger partial charge on any atom is -0.462 e. The maximum Gasteiger partial charge on any atom is 0.459 e. The van der Waals surface area contributed by atoms with Crippen molar-refractivity contribution >= 4 is 42.1 Å². The number of nitrogen functional groups attached to an aromatic ring is 1. The number of esters is 1. The van der Waals surface area contributed by atoms with E-state index in [2.05, 4.69) is 10.1 Å². The van der Waals surface area contributed by atoms with Crippen LogP contribution in [0.15, 0.2) is 59.5 Å². The van der Waals surface area contributed by atoms with Crippen molar-refractivity contribution < 1.29 is 28.3 Å². The van der Waals surface area contributed by atoms with E-state index in [-0.39, 0.29) is 36.6 Å². The van der Waals surface area contributed by atoms with Crippen LogP contribution in [0.3, 0.4) is 0 Å². The van der Waals surface area contributed by atoms with Gasteiger partial charge in [-0.3, -0.25) is 13.9 Å². The molecule has 1 aliphatic rings. The fourth-order valence-electron chi connectivity index (χ4n) is 4.26. The molecule has 2 heterocycles. The Morgan fingerprint density at radius 1 is 1.20 bits per heavy atom. The van der Waals surface area contributed by atoms with Crippen LogP contribution in [0, 0.1) is 5.92 Å². The quantitative estimate of drug-likeness (QED) is 0.218. The van der Waals surface area contributed by atoms with E-state index in [1.54, 1.807) is 39.8 Å². The van der Waals surface area contributed by atoms with Gasteiger partial charge in [0.05, 0.1) is 29.4 Å². The molecule has 0 radical (unpaired) electrons. The minimum absolute atomic E-state index is 0.109. The molecular formula is C27H35N4O7PS. The zero-order valence-electron chi connectivity index (χ0n) is 22.8. The number of carbonyl (C=O) groups is 1. The molecule has 0 saturated carbocycles. The Kier molecular flexibility index (Phi) is 9.58. The van der Waals surface area contributed by atoms with E-state index in [9.17, 15) is 19.3 Å². The van der Waals surface area contributed by atoms with Gasteiger partial charge in [0.2, 0.25) is 0 Å². The highest BCUT2D eigenvalue weighted by atomic mass is 32.2. The van der Waals surface area contributed by atoms with Crippen LogP contribution in [0.2, 0.25) is 0 Å². The number of fused-ring (bicyclic) bond motifs is 1. The van der Waals surface area contributed by atoms with Crippen LogP contribution in [0.5, 0.6) is 5.75 Å². The number of hydrogen-bond donors (Lipinski definition) is 3. The summed E-state index contributed by atoms with van der Waals surface area (Å²) in [5.41, 5.74) is 5.07. The van der Waals surface area contributed by atoms with E-state index >= 15 is 0 Å². The van der Waals surface area contributed by atoms with Crippen molar-refractivity contribution in [2.24, 2.45) is 5.92 Å². The summed E-state index contributed by atoms with van der Waals surface area (Å²) in [6.45, 7) is 6.86. The molecule has 0 amide bonds. The summed E-state index contributed by atoms with van der Waals surface area (Å²) in [5.74, 6) is -0.491. The number of rotatable bonds is 11. The van der Waals surface area contributed by atoms with Gasteiger partial charge in [0, 0.05) is 12.6 Å². The molecule has 40 heavy (non-hydrogen) atoms. The Bertz CT molecular complexity index is 1450. The van der Waals surface area contributed by atoms with Gasteiger partial charge in [0.1, 0.15) is 17.6 Å². The normalized spacial score (nSPS) is 21.4. The van der Waals surface area contributed by atoms with Crippen LogP contribution >= 0.6 is 19.5 Å². The Balaban J connectivity index is 1.56. The van der Waals surface area contributed by atoms with Gasteiger partial charge in [-0.15, -0.1) is 11.8 Å². The lowest BCUT2D eigenvalue weighted by Crippen LogP contribution is -2.42. The predicted molar refractivity (Wildman–Crippen MR) is 155 cm³/mol. The highest BCUT2D eigenvalue weighted by Crippen LogP contribution is 2.49. The molecule has 3 aromatic rings. The molecule has 0 bridgehead atoms. The van der Waals surface area contributed by atoms with E-state index in [1.165, 1.54) is 28.6 Å². The molecule has 1 saturated heterocycles. The first-order chi connectivity index (χ1) is 18.9. The minimum atomic E-state index is -4.19. The summed E-state index contributed by atoms with van der Waals surface area (Å²) in [7, 11) is -4.19. The molecule has 5 atom stereocenters. The van der Waals surface area contributed by atoms with E-state index in [1.807, 2.05) is 30.3 Å². The summed E-state index contributed by atoms with van der Waals surface area (Å²) in [5, 5.41) is 14.4. The van der Waals surface area contributed by atoms with Crippen LogP contribution in [0.4, 0.5) is 5.82 Å². The molecule has 216 valence electrons.